The zero-order valence-corrected chi connectivity index (χ0v) is 20.5. The van der Waals surface area contributed by atoms with Crippen molar-refractivity contribution in [3.05, 3.63) is 118 Å². The SMILES string of the molecule is CS(=O)(=O)c1ccc(-c2c(COC(c3ccc(F)cc3)c3cncs3)ccc3ccccc23)cc1. The molecule has 35 heavy (non-hydrogen) atoms. The van der Waals surface area contributed by atoms with Crippen molar-refractivity contribution >= 4 is 31.9 Å². The van der Waals surface area contributed by atoms with Crippen LogP contribution in [0.1, 0.15) is 22.1 Å². The lowest BCUT2D eigenvalue weighted by molar-refractivity contribution is 0.0691. The molecule has 1 unspecified atom stereocenters. The maximum absolute atomic E-state index is 13.5. The van der Waals surface area contributed by atoms with Crippen molar-refractivity contribution in [2.75, 3.05) is 6.26 Å². The molecule has 0 bridgehead atoms. The smallest absolute Gasteiger partial charge is 0.175 e. The minimum atomic E-state index is -3.29. The quantitative estimate of drug-likeness (QED) is 0.245. The van der Waals surface area contributed by atoms with Crippen LogP contribution < -0.4 is 0 Å². The Labute approximate surface area is 207 Å². The number of fused-ring (bicyclic) bond motifs is 1. The molecule has 4 aromatic carbocycles. The van der Waals surface area contributed by atoms with Gasteiger partial charge in [0.1, 0.15) is 11.9 Å². The zero-order chi connectivity index (χ0) is 24.4. The number of sulfone groups is 1. The lowest BCUT2D eigenvalue weighted by atomic mass is 9.93. The van der Waals surface area contributed by atoms with E-state index >= 15 is 0 Å². The number of thiazole rings is 1. The summed E-state index contributed by atoms with van der Waals surface area (Å²) in [6.45, 7) is 0.300. The molecule has 1 aromatic heterocycles. The fourth-order valence-corrected chi connectivity index (χ4v) is 5.48. The topological polar surface area (TPSA) is 56.3 Å². The molecule has 0 aliphatic rings. The highest BCUT2D eigenvalue weighted by Gasteiger charge is 2.19. The number of benzene rings is 4. The first kappa shape index (κ1) is 23.4. The molecule has 0 aliphatic carbocycles. The molecule has 1 atom stereocenters. The lowest BCUT2D eigenvalue weighted by Gasteiger charge is -2.19. The lowest BCUT2D eigenvalue weighted by Crippen LogP contribution is -2.06. The molecular weight excluding hydrogens is 481 g/mol. The van der Waals surface area contributed by atoms with Gasteiger partial charge in [0, 0.05) is 12.5 Å². The van der Waals surface area contributed by atoms with Gasteiger partial charge in [0.2, 0.25) is 0 Å². The largest absolute Gasteiger partial charge is 0.363 e. The van der Waals surface area contributed by atoms with Gasteiger partial charge in [-0.05, 0) is 57.3 Å². The Morgan fingerprint density at radius 3 is 2.37 bits per heavy atom. The van der Waals surface area contributed by atoms with Crippen LogP contribution in [0.3, 0.4) is 0 Å². The Morgan fingerprint density at radius 2 is 1.69 bits per heavy atom. The van der Waals surface area contributed by atoms with Gasteiger partial charge in [-0.3, -0.25) is 4.98 Å². The average Bonchev–Trinajstić information content (AvgIpc) is 3.39. The van der Waals surface area contributed by atoms with Crippen molar-refractivity contribution in [1.82, 2.24) is 4.98 Å². The summed E-state index contributed by atoms with van der Waals surface area (Å²) >= 11 is 1.49. The van der Waals surface area contributed by atoms with Gasteiger partial charge in [-0.2, -0.15) is 0 Å². The van der Waals surface area contributed by atoms with Gasteiger partial charge < -0.3 is 4.74 Å². The number of rotatable bonds is 7. The average molecular weight is 504 g/mol. The molecule has 5 rings (SSSR count). The molecule has 0 saturated carbocycles. The Bertz CT molecular complexity index is 1560. The second-order valence-electron chi connectivity index (χ2n) is 8.26. The normalized spacial score (nSPS) is 12.6. The fraction of sp³-hybridized carbons (Fsp3) is 0.107. The summed E-state index contributed by atoms with van der Waals surface area (Å²) in [6, 6.07) is 25.4. The van der Waals surface area contributed by atoms with Crippen LogP contribution in [0, 0.1) is 5.82 Å². The molecule has 7 heteroatoms. The minimum absolute atomic E-state index is 0.279. The van der Waals surface area contributed by atoms with E-state index in [0.717, 1.165) is 37.9 Å². The minimum Gasteiger partial charge on any atom is -0.363 e. The summed E-state index contributed by atoms with van der Waals surface area (Å²) in [6.07, 6.45) is 2.58. The first-order chi connectivity index (χ1) is 16.9. The van der Waals surface area contributed by atoms with E-state index < -0.39 is 15.9 Å². The molecule has 0 radical (unpaired) electrons. The van der Waals surface area contributed by atoms with E-state index in [9.17, 15) is 12.8 Å². The predicted octanol–water partition coefficient (Wildman–Crippen LogP) is 6.81. The summed E-state index contributed by atoms with van der Waals surface area (Å²) in [5, 5.41) is 2.13. The molecule has 0 amide bonds. The van der Waals surface area contributed by atoms with Gasteiger partial charge >= 0.3 is 0 Å². The van der Waals surface area contributed by atoms with Crippen LogP contribution in [0.25, 0.3) is 21.9 Å². The fourth-order valence-electron chi connectivity index (χ4n) is 4.16. The molecule has 5 aromatic rings. The number of hydrogen-bond donors (Lipinski definition) is 0. The van der Waals surface area contributed by atoms with E-state index in [1.54, 1.807) is 36.0 Å². The van der Waals surface area contributed by atoms with Crippen molar-refractivity contribution in [2.24, 2.45) is 0 Å². The highest BCUT2D eigenvalue weighted by atomic mass is 32.2. The highest BCUT2D eigenvalue weighted by molar-refractivity contribution is 7.90. The van der Waals surface area contributed by atoms with E-state index in [0.29, 0.717) is 6.61 Å². The number of nitrogens with zero attached hydrogens (tertiary/aromatic N) is 1. The number of aromatic nitrogens is 1. The van der Waals surface area contributed by atoms with Gasteiger partial charge in [0.05, 0.1) is 21.9 Å². The number of ether oxygens (including phenoxy) is 1. The standard InChI is InChI=1S/C28H22FNO3S2/c1-35(31,32)24-14-10-20(11-15-24)27-22(7-6-19-4-2-3-5-25(19)27)17-33-28(26-16-30-18-34-26)21-8-12-23(29)13-9-21/h2-16,18,28H,17H2,1H3. The third-order valence-electron chi connectivity index (χ3n) is 5.87. The van der Waals surface area contributed by atoms with Crippen LogP contribution >= 0.6 is 11.3 Å². The summed E-state index contributed by atoms with van der Waals surface area (Å²) in [4.78, 5) is 5.40. The van der Waals surface area contributed by atoms with Crippen molar-refractivity contribution < 1.29 is 17.5 Å². The number of hydrogen-bond acceptors (Lipinski definition) is 5. The van der Waals surface area contributed by atoms with E-state index in [2.05, 4.69) is 17.1 Å². The maximum Gasteiger partial charge on any atom is 0.175 e. The molecule has 0 N–H and O–H groups in total. The van der Waals surface area contributed by atoms with Crippen LogP contribution in [-0.2, 0) is 21.2 Å². The second-order valence-corrected chi connectivity index (χ2v) is 11.2. The van der Waals surface area contributed by atoms with E-state index in [1.165, 1.54) is 29.7 Å². The summed E-state index contributed by atoms with van der Waals surface area (Å²) in [5.74, 6) is -0.300. The van der Waals surface area contributed by atoms with Gasteiger partial charge in [-0.15, -0.1) is 11.3 Å². The Balaban J connectivity index is 1.55. The Kier molecular flexibility index (Phi) is 6.47. The molecule has 0 spiro atoms. The van der Waals surface area contributed by atoms with Gasteiger partial charge in [0.15, 0.2) is 9.84 Å². The van der Waals surface area contributed by atoms with Crippen LogP contribution in [0.5, 0.6) is 0 Å². The summed E-state index contributed by atoms with van der Waals surface area (Å²) < 4.78 is 43.9. The molecule has 0 fully saturated rings. The Hall–Kier alpha value is -3.39. The zero-order valence-electron chi connectivity index (χ0n) is 18.9. The van der Waals surface area contributed by atoms with E-state index in [-0.39, 0.29) is 10.7 Å². The molecule has 4 nitrogen and oxygen atoms in total. The third-order valence-corrected chi connectivity index (χ3v) is 7.82. The van der Waals surface area contributed by atoms with Crippen molar-refractivity contribution in [3.8, 4) is 11.1 Å². The molecule has 1 heterocycles. The molecule has 176 valence electrons. The second kappa shape index (κ2) is 9.70. The van der Waals surface area contributed by atoms with Crippen LogP contribution in [0.2, 0.25) is 0 Å². The van der Waals surface area contributed by atoms with Gasteiger partial charge in [0.25, 0.3) is 0 Å². The Morgan fingerprint density at radius 1 is 0.943 bits per heavy atom. The number of halogens is 1. The third kappa shape index (κ3) is 5.03. The van der Waals surface area contributed by atoms with Crippen LogP contribution in [-0.4, -0.2) is 19.7 Å². The summed E-state index contributed by atoms with van der Waals surface area (Å²) in [7, 11) is -3.29. The summed E-state index contributed by atoms with van der Waals surface area (Å²) in [5.41, 5.74) is 5.46. The molecular formula is C28H22FNO3S2. The molecule has 0 aliphatic heterocycles. The van der Waals surface area contributed by atoms with Crippen molar-refractivity contribution in [2.45, 2.75) is 17.6 Å². The van der Waals surface area contributed by atoms with Gasteiger partial charge in [-0.1, -0.05) is 60.7 Å². The van der Waals surface area contributed by atoms with Crippen LogP contribution in [0.15, 0.2) is 102 Å². The van der Waals surface area contributed by atoms with Crippen LogP contribution in [0.4, 0.5) is 4.39 Å². The predicted molar refractivity (Wildman–Crippen MR) is 138 cm³/mol. The monoisotopic (exact) mass is 503 g/mol. The first-order valence-electron chi connectivity index (χ1n) is 11.0. The molecule has 0 saturated heterocycles. The van der Waals surface area contributed by atoms with E-state index in [4.69, 9.17) is 4.74 Å². The van der Waals surface area contributed by atoms with E-state index in [1.807, 2.05) is 36.4 Å². The maximum atomic E-state index is 13.5. The first-order valence-corrected chi connectivity index (χ1v) is 13.7. The van der Waals surface area contributed by atoms with Crippen molar-refractivity contribution in [3.63, 3.8) is 0 Å². The van der Waals surface area contributed by atoms with Crippen molar-refractivity contribution in [1.29, 1.82) is 0 Å². The highest BCUT2D eigenvalue weighted by Crippen LogP contribution is 2.36. The van der Waals surface area contributed by atoms with Gasteiger partial charge in [-0.25, -0.2) is 12.8 Å².